The number of aromatic nitrogens is 3. The number of hydrogen-bond acceptors (Lipinski definition) is 4. The molecule has 1 saturated carbocycles. The zero-order chi connectivity index (χ0) is 17.2. The third kappa shape index (κ3) is 3.18. The number of hydrogen-bond donors (Lipinski definition) is 1. The molecule has 2 amide bonds. The maximum Gasteiger partial charge on any atom is 0.318 e. The van der Waals surface area contributed by atoms with Crippen LogP contribution in [0.5, 0.6) is 5.75 Å². The summed E-state index contributed by atoms with van der Waals surface area (Å²) in [6, 6.07) is 8.15. The minimum Gasteiger partial charge on any atom is -0.497 e. The van der Waals surface area contributed by atoms with Crippen LogP contribution in [0.4, 0.5) is 4.79 Å². The van der Waals surface area contributed by atoms with Crippen LogP contribution in [-0.4, -0.2) is 45.4 Å². The van der Waals surface area contributed by atoms with Gasteiger partial charge in [-0.2, -0.15) is 0 Å². The standard InChI is InChI=1S/C18H23N5O2/c1-25-15-8-6-13(7-9-15)17-21-20-16-12-22(10-11-23(16)17)18(24)19-14-4-2-3-5-14/h6-9,14H,2-5,10-12H2,1H3,(H,19,24). The Labute approximate surface area is 147 Å². The highest BCUT2D eigenvalue weighted by molar-refractivity contribution is 5.74. The van der Waals surface area contributed by atoms with Gasteiger partial charge in [0.1, 0.15) is 5.75 Å². The number of nitrogens with zero attached hydrogens (tertiary/aromatic N) is 4. The molecule has 7 nitrogen and oxygen atoms in total. The average molecular weight is 341 g/mol. The number of rotatable bonds is 3. The Bertz CT molecular complexity index is 749. The maximum atomic E-state index is 12.5. The van der Waals surface area contributed by atoms with E-state index in [1.807, 2.05) is 29.2 Å². The SMILES string of the molecule is COc1ccc(-c2nnc3n2CCN(C(=O)NC2CCCC2)C3)cc1. The summed E-state index contributed by atoms with van der Waals surface area (Å²) in [7, 11) is 1.65. The Balaban J connectivity index is 1.47. The van der Waals surface area contributed by atoms with Gasteiger partial charge >= 0.3 is 6.03 Å². The lowest BCUT2D eigenvalue weighted by atomic mass is 10.2. The second-order valence-electron chi connectivity index (χ2n) is 6.67. The third-order valence-electron chi connectivity index (χ3n) is 5.07. The number of nitrogens with one attached hydrogen (secondary N) is 1. The van der Waals surface area contributed by atoms with Gasteiger partial charge in [0.2, 0.25) is 0 Å². The van der Waals surface area contributed by atoms with Gasteiger partial charge in [0.15, 0.2) is 11.6 Å². The van der Waals surface area contributed by atoms with Crippen molar-refractivity contribution in [2.45, 2.75) is 44.8 Å². The first-order valence-corrected chi connectivity index (χ1v) is 8.86. The van der Waals surface area contributed by atoms with Gasteiger partial charge in [-0.15, -0.1) is 10.2 Å². The summed E-state index contributed by atoms with van der Waals surface area (Å²) in [5.74, 6) is 2.49. The molecule has 1 fully saturated rings. The number of fused-ring (bicyclic) bond motifs is 1. The number of urea groups is 1. The van der Waals surface area contributed by atoms with Crippen molar-refractivity contribution in [3.63, 3.8) is 0 Å². The van der Waals surface area contributed by atoms with E-state index in [0.717, 1.165) is 35.8 Å². The van der Waals surface area contributed by atoms with Crippen molar-refractivity contribution in [3.05, 3.63) is 30.1 Å². The third-order valence-corrected chi connectivity index (χ3v) is 5.07. The smallest absolute Gasteiger partial charge is 0.318 e. The van der Waals surface area contributed by atoms with Crippen LogP contribution in [0.1, 0.15) is 31.5 Å². The molecule has 1 aliphatic heterocycles. The predicted molar refractivity (Wildman–Crippen MR) is 93.2 cm³/mol. The van der Waals surface area contributed by atoms with E-state index >= 15 is 0 Å². The predicted octanol–water partition coefficient (Wildman–Crippen LogP) is 2.42. The van der Waals surface area contributed by atoms with Crippen molar-refractivity contribution in [2.75, 3.05) is 13.7 Å². The number of ether oxygens (including phenoxy) is 1. The van der Waals surface area contributed by atoms with Crippen molar-refractivity contribution in [1.29, 1.82) is 0 Å². The lowest BCUT2D eigenvalue weighted by Gasteiger charge is -2.29. The molecule has 2 aliphatic rings. The Morgan fingerprint density at radius 2 is 1.92 bits per heavy atom. The van der Waals surface area contributed by atoms with E-state index in [9.17, 15) is 4.79 Å². The highest BCUT2D eigenvalue weighted by Gasteiger charge is 2.27. The van der Waals surface area contributed by atoms with Crippen LogP contribution in [0.3, 0.4) is 0 Å². The summed E-state index contributed by atoms with van der Waals surface area (Å²) in [5.41, 5.74) is 1.00. The molecule has 2 aromatic rings. The minimum absolute atomic E-state index is 0.0205. The summed E-state index contributed by atoms with van der Waals surface area (Å²) in [4.78, 5) is 14.3. The number of methoxy groups -OCH3 is 1. The average Bonchev–Trinajstić information content (AvgIpc) is 3.30. The van der Waals surface area contributed by atoms with Crippen LogP contribution in [0.15, 0.2) is 24.3 Å². The van der Waals surface area contributed by atoms with E-state index in [4.69, 9.17) is 4.74 Å². The molecule has 25 heavy (non-hydrogen) atoms. The topological polar surface area (TPSA) is 72.3 Å². The molecular formula is C18H23N5O2. The fourth-order valence-corrected chi connectivity index (χ4v) is 3.62. The van der Waals surface area contributed by atoms with E-state index in [-0.39, 0.29) is 6.03 Å². The zero-order valence-electron chi connectivity index (χ0n) is 14.4. The number of amides is 2. The molecule has 0 atom stereocenters. The molecule has 0 spiro atoms. The number of carbonyl (C=O) groups excluding carboxylic acids is 1. The highest BCUT2D eigenvalue weighted by atomic mass is 16.5. The summed E-state index contributed by atoms with van der Waals surface area (Å²) >= 11 is 0. The maximum absolute atomic E-state index is 12.5. The van der Waals surface area contributed by atoms with E-state index in [1.165, 1.54) is 12.8 Å². The van der Waals surface area contributed by atoms with Gasteiger partial charge in [-0.3, -0.25) is 0 Å². The highest BCUT2D eigenvalue weighted by Crippen LogP contribution is 2.24. The lowest BCUT2D eigenvalue weighted by Crippen LogP contribution is -2.47. The second-order valence-corrected chi connectivity index (χ2v) is 6.67. The molecule has 0 saturated heterocycles. The summed E-state index contributed by atoms with van der Waals surface area (Å²) in [5, 5.41) is 11.8. The molecule has 1 aliphatic carbocycles. The van der Waals surface area contributed by atoms with Crippen molar-refractivity contribution in [2.24, 2.45) is 0 Å². The van der Waals surface area contributed by atoms with Crippen LogP contribution < -0.4 is 10.1 Å². The van der Waals surface area contributed by atoms with Crippen molar-refractivity contribution >= 4 is 6.03 Å². The number of carbonyl (C=O) groups is 1. The van der Waals surface area contributed by atoms with Crippen molar-refractivity contribution in [3.8, 4) is 17.1 Å². The van der Waals surface area contributed by atoms with Gasteiger partial charge in [-0.1, -0.05) is 12.8 Å². The van der Waals surface area contributed by atoms with Crippen LogP contribution in [-0.2, 0) is 13.1 Å². The fraction of sp³-hybridized carbons (Fsp3) is 0.500. The summed E-state index contributed by atoms with van der Waals surface area (Å²) < 4.78 is 7.30. The Morgan fingerprint density at radius 3 is 2.64 bits per heavy atom. The monoisotopic (exact) mass is 341 g/mol. The first-order chi connectivity index (χ1) is 12.2. The van der Waals surface area contributed by atoms with Gasteiger partial charge < -0.3 is 19.5 Å². The first kappa shape index (κ1) is 15.9. The van der Waals surface area contributed by atoms with Crippen LogP contribution in [0.2, 0.25) is 0 Å². The van der Waals surface area contributed by atoms with E-state index < -0.39 is 0 Å². The van der Waals surface area contributed by atoms with Gasteiger partial charge in [-0.25, -0.2) is 4.79 Å². The first-order valence-electron chi connectivity index (χ1n) is 8.86. The summed E-state index contributed by atoms with van der Waals surface area (Å²) in [6.07, 6.45) is 4.61. The molecule has 0 bridgehead atoms. The van der Waals surface area contributed by atoms with Crippen LogP contribution in [0, 0.1) is 0 Å². The number of benzene rings is 1. The van der Waals surface area contributed by atoms with Gasteiger partial charge in [0, 0.05) is 24.7 Å². The fourth-order valence-electron chi connectivity index (χ4n) is 3.62. The molecule has 0 radical (unpaired) electrons. The van der Waals surface area contributed by atoms with Crippen LogP contribution in [0.25, 0.3) is 11.4 Å². The van der Waals surface area contributed by atoms with E-state index in [2.05, 4.69) is 20.1 Å². The van der Waals surface area contributed by atoms with Crippen LogP contribution >= 0.6 is 0 Å². The normalized spacial score (nSPS) is 17.4. The Kier molecular flexibility index (Phi) is 4.29. The minimum atomic E-state index is 0.0205. The molecule has 7 heteroatoms. The quantitative estimate of drug-likeness (QED) is 0.931. The van der Waals surface area contributed by atoms with Gasteiger partial charge in [0.25, 0.3) is 0 Å². The van der Waals surface area contributed by atoms with E-state index in [1.54, 1.807) is 7.11 Å². The molecule has 1 aromatic carbocycles. The second kappa shape index (κ2) is 6.74. The molecule has 1 N–H and O–H groups in total. The van der Waals surface area contributed by atoms with Crippen molar-refractivity contribution < 1.29 is 9.53 Å². The molecule has 0 unspecified atom stereocenters. The van der Waals surface area contributed by atoms with Gasteiger partial charge in [0.05, 0.1) is 13.7 Å². The molecule has 4 rings (SSSR count). The van der Waals surface area contributed by atoms with E-state index in [0.29, 0.717) is 25.7 Å². The Morgan fingerprint density at radius 1 is 1.16 bits per heavy atom. The lowest BCUT2D eigenvalue weighted by molar-refractivity contribution is 0.178. The molecule has 1 aromatic heterocycles. The van der Waals surface area contributed by atoms with Gasteiger partial charge in [-0.05, 0) is 37.1 Å². The largest absolute Gasteiger partial charge is 0.497 e. The van der Waals surface area contributed by atoms with Crippen molar-refractivity contribution in [1.82, 2.24) is 25.0 Å². The molecule has 132 valence electrons. The summed E-state index contributed by atoms with van der Waals surface area (Å²) in [6.45, 7) is 1.89. The zero-order valence-corrected chi connectivity index (χ0v) is 14.4. The molecule has 2 heterocycles. The Hall–Kier alpha value is -2.57. The molecular weight excluding hydrogens is 318 g/mol.